The lowest BCUT2D eigenvalue weighted by atomic mass is 10.2. The lowest BCUT2D eigenvalue weighted by molar-refractivity contribution is 0.119. The monoisotopic (exact) mass is 312 g/mol. The molecule has 0 heterocycles. The molecule has 0 fully saturated rings. The minimum atomic E-state index is -1.99. The Kier molecular flexibility index (Phi) is 13.2. The van der Waals surface area contributed by atoms with Crippen molar-refractivity contribution in [3.63, 3.8) is 0 Å². The molecule has 0 rings (SSSR count). The van der Waals surface area contributed by atoms with Crippen LogP contribution < -0.4 is 0 Å². The van der Waals surface area contributed by atoms with Gasteiger partial charge in [0.2, 0.25) is 0 Å². The minimum absolute atomic E-state index is 0.233. The number of hydrogen-bond donors (Lipinski definition) is 0. The van der Waals surface area contributed by atoms with Crippen LogP contribution in [0, 0.1) is 11.8 Å². The van der Waals surface area contributed by atoms with E-state index in [0.717, 1.165) is 38.7 Å². The second-order valence-electron chi connectivity index (χ2n) is 6.12. The smallest absolute Gasteiger partial charge is 0.331 e. The molecular formula is C18H36O2Si. The Morgan fingerprint density at radius 2 is 1.62 bits per heavy atom. The van der Waals surface area contributed by atoms with Gasteiger partial charge in [-0.15, -0.1) is 11.8 Å². The standard InChI is InChI=1S/C18H36O2Si/c1-6-9-11-13-15-17-19-21(4,5)20-18(8-3)16-14-12-10-7-2/h18H,6-11,13,15-17H2,1-5H3. The van der Waals surface area contributed by atoms with Crippen molar-refractivity contribution >= 4 is 8.56 Å². The molecule has 0 N–H and O–H groups in total. The van der Waals surface area contributed by atoms with Gasteiger partial charge in [-0.05, 0) is 32.4 Å². The fraction of sp³-hybridized carbons (Fsp3) is 0.889. The SMILES string of the molecule is CCCC#CCC(CC)O[Si](C)(C)OCCCCCCC. The van der Waals surface area contributed by atoms with E-state index in [0.29, 0.717) is 0 Å². The molecular weight excluding hydrogens is 276 g/mol. The Morgan fingerprint density at radius 1 is 0.905 bits per heavy atom. The van der Waals surface area contributed by atoms with E-state index in [9.17, 15) is 0 Å². The Hall–Kier alpha value is -0.303. The summed E-state index contributed by atoms with van der Waals surface area (Å²) in [6.07, 6.45) is 10.6. The van der Waals surface area contributed by atoms with Crippen LogP contribution in [-0.4, -0.2) is 21.3 Å². The van der Waals surface area contributed by atoms with Crippen molar-refractivity contribution in [2.45, 2.75) is 97.8 Å². The van der Waals surface area contributed by atoms with Crippen molar-refractivity contribution in [2.24, 2.45) is 0 Å². The van der Waals surface area contributed by atoms with Crippen molar-refractivity contribution in [3.05, 3.63) is 0 Å². The summed E-state index contributed by atoms with van der Waals surface area (Å²) in [7, 11) is -1.99. The van der Waals surface area contributed by atoms with Crippen LogP contribution in [0.25, 0.3) is 0 Å². The van der Waals surface area contributed by atoms with Crippen LogP contribution in [0.5, 0.6) is 0 Å². The normalized spacial score (nSPS) is 12.8. The maximum atomic E-state index is 6.21. The van der Waals surface area contributed by atoms with Crippen molar-refractivity contribution < 1.29 is 8.85 Å². The van der Waals surface area contributed by atoms with Crippen LogP contribution in [0.4, 0.5) is 0 Å². The van der Waals surface area contributed by atoms with Gasteiger partial charge in [0, 0.05) is 19.4 Å². The third kappa shape index (κ3) is 13.1. The highest BCUT2D eigenvalue weighted by Gasteiger charge is 2.27. The summed E-state index contributed by atoms with van der Waals surface area (Å²) in [6.45, 7) is 11.7. The van der Waals surface area contributed by atoms with Crippen LogP contribution in [-0.2, 0) is 8.85 Å². The van der Waals surface area contributed by atoms with Crippen LogP contribution >= 0.6 is 0 Å². The lowest BCUT2D eigenvalue weighted by Gasteiger charge is -2.27. The van der Waals surface area contributed by atoms with Crippen LogP contribution in [0.2, 0.25) is 13.1 Å². The molecule has 0 aromatic heterocycles. The largest absolute Gasteiger partial charge is 0.395 e. The molecule has 21 heavy (non-hydrogen) atoms. The Labute approximate surface area is 134 Å². The number of unbranched alkanes of at least 4 members (excludes halogenated alkanes) is 5. The summed E-state index contributed by atoms with van der Waals surface area (Å²) in [5.41, 5.74) is 0. The van der Waals surface area contributed by atoms with Gasteiger partial charge >= 0.3 is 8.56 Å². The second-order valence-corrected chi connectivity index (χ2v) is 9.44. The molecule has 2 nitrogen and oxygen atoms in total. The molecule has 1 atom stereocenters. The summed E-state index contributed by atoms with van der Waals surface area (Å²) < 4.78 is 12.2. The minimum Gasteiger partial charge on any atom is -0.395 e. The van der Waals surface area contributed by atoms with Crippen molar-refractivity contribution in [1.82, 2.24) is 0 Å². The second kappa shape index (κ2) is 13.4. The van der Waals surface area contributed by atoms with E-state index < -0.39 is 8.56 Å². The van der Waals surface area contributed by atoms with E-state index in [1.807, 2.05) is 0 Å². The number of hydrogen-bond acceptors (Lipinski definition) is 2. The maximum Gasteiger partial charge on any atom is 0.331 e. The van der Waals surface area contributed by atoms with Crippen LogP contribution in [0.15, 0.2) is 0 Å². The van der Waals surface area contributed by atoms with Crippen molar-refractivity contribution in [2.75, 3.05) is 6.61 Å². The van der Waals surface area contributed by atoms with Crippen LogP contribution in [0.3, 0.4) is 0 Å². The highest BCUT2D eigenvalue weighted by atomic mass is 28.4. The van der Waals surface area contributed by atoms with Gasteiger partial charge in [-0.2, -0.15) is 0 Å². The molecule has 0 aromatic rings. The predicted octanol–water partition coefficient (Wildman–Crippen LogP) is 5.66. The molecule has 3 heteroatoms. The van der Waals surface area contributed by atoms with E-state index >= 15 is 0 Å². The van der Waals surface area contributed by atoms with E-state index in [4.69, 9.17) is 8.85 Å². The molecule has 0 bridgehead atoms. The molecule has 0 aliphatic carbocycles. The molecule has 1 unspecified atom stereocenters. The highest BCUT2D eigenvalue weighted by Crippen LogP contribution is 2.15. The van der Waals surface area contributed by atoms with Gasteiger partial charge in [0.25, 0.3) is 0 Å². The van der Waals surface area contributed by atoms with Crippen molar-refractivity contribution in [3.8, 4) is 11.8 Å². The Bertz CT molecular complexity index is 291. The van der Waals surface area contributed by atoms with E-state index in [1.54, 1.807) is 0 Å². The maximum absolute atomic E-state index is 6.21. The summed E-state index contributed by atoms with van der Waals surface area (Å²) >= 11 is 0. The van der Waals surface area contributed by atoms with Crippen molar-refractivity contribution in [1.29, 1.82) is 0 Å². The first-order valence-electron chi connectivity index (χ1n) is 8.83. The third-order valence-electron chi connectivity index (χ3n) is 3.43. The van der Waals surface area contributed by atoms with Gasteiger partial charge in [0.1, 0.15) is 0 Å². The lowest BCUT2D eigenvalue weighted by Crippen LogP contribution is -2.39. The fourth-order valence-corrected chi connectivity index (χ4v) is 3.88. The highest BCUT2D eigenvalue weighted by molar-refractivity contribution is 6.64. The molecule has 0 spiro atoms. The van der Waals surface area contributed by atoms with Gasteiger partial charge in [0.15, 0.2) is 0 Å². The molecule has 124 valence electrons. The summed E-state index contributed by atoms with van der Waals surface area (Å²) in [6, 6.07) is 0. The van der Waals surface area contributed by atoms with Gasteiger partial charge in [-0.1, -0.05) is 46.5 Å². The molecule has 0 aliphatic rings. The molecule has 0 amide bonds. The summed E-state index contributed by atoms with van der Waals surface area (Å²) in [4.78, 5) is 0. The van der Waals surface area contributed by atoms with Crippen LogP contribution in [0.1, 0.15) is 78.6 Å². The number of rotatable bonds is 12. The zero-order valence-corrected chi connectivity index (χ0v) is 16.0. The van der Waals surface area contributed by atoms with Gasteiger partial charge in [-0.3, -0.25) is 0 Å². The summed E-state index contributed by atoms with van der Waals surface area (Å²) in [5, 5.41) is 0. The van der Waals surface area contributed by atoms with E-state index in [1.165, 1.54) is 25.7 Å². The van der Waals surface area contributed by atoms with Gasteiger partial charge in [-0.25, -0.2) is 0 Å². The topological polar surface area (TPSA) is 18.5 Å². The molecule has 0 aliphatic heterocycles. The predicted molar refractivity (Wildman–Crippen MR) is 94.7 cm³/mol. The fourth-order valence-electron chi connectivity index (χ4n) is 2.13. The summed E-state index contributed by atoms with van der Waals surface area (Å²) in [5.74, 6) is 6.44. The first kappa shape index (κ1) is 20.7. The van der Waals surface area contributed by atoms with Gasteiger partial charge in [0.05, 0.1) is 6.10 Å². The average Bonchev–Trinajstić information content (AvgIpc) is 2.45. The molecule has 0 saturated heterocycles. The zero-order chi connectivity index (χ0) is 16.0. The zero-order valence-electron chi connectivity index (χ0n) is 15.0. The average molecular weight is 313 g/mol. The Morgan fingerprint density at radius 3 is 2.24 bits per heavy atom. The quantitative estimate of drug-likeness (QED) is 0.263. The Balaban J connectivity index is 3.92. The van der Waals surface area contributed by atoms with E-state index in [-0.39, 0.29) is 6.10 Å². The molecule has 0 radical (unpaired) electrons. The molecule has 0 aromatic carbocycles. The first-order chi connectivity index (χ1) is 10.1. The molecule has 0 saturated carbocycles. The van der Waals surface area contributed by atoms with E-state index in [2.05, 4.69) is 45.7 Å². The third-order valence-corrected chi connectivity index (χ3v) is 5.23. The first-order valence-corrected chi connectivity index (χ1v) is 11.6. The van der Waals surface area contributed by atoms with Gasteiger partial charge < -0.3 is 8.85 Å².